The zero-order chi connectivity index (χ0) is 14.0. The quantitative estimate of drug-likeness (QED) is 0.857. The monoisotopic (exact) mass is 267 g/mol. The number of nitrogens with zero attached hydrogens (tertiary/aromatic N) is 2. The van der Waals surface area contributed by atoms with Gasteiger partial charge < -0.3 is 14.6 Å². The molecule has 19 heavy (non-hydrogen) atoms. The fourth-order valence-corrected chi connectivity index (χ4v) is 2.49. The number of methoxy groups -OCH3 is 1. The second kappa shape index (κ2) is 5.59. The van der Waals surface area contributed by atoms with E-state index < -0.39 is 0 Å². The maximum absolute atomic E-state index is 5.50. The summed E-state index contributed by atoms with van der Waals surface area (Å²) in [6, 6.07) is 0.448. The minimum absolute atomic E-state index is 0.0468. The van der Waals surface area contributed by atoms with Crippen molar-refractivity contribution in [3.8, 4) is 0 Å². The van der Waals surface area contributed by atoms with Crippen LogP contribution in [-0.2, 0) is 11.2 Å². The molecule has 108 valence electrons. The number of ether oxygens (including phenoxy) is 1. The SMILES string of the molecule is CNC(Cc1nc(C(OC)C(C)(C)C)no1)C1CC1. The standard InChI is InChI=1S/C14H25N3O2/c1-14(2,3)12(18-5)13-16-11(19-17-13)8-10(15-4)9-6-7-9/h9-10,12,15H,6-8H2,1-5H3. The van der Waals surface area contributed by atoms with Crippen LogP contribution in [0, 0.1) is 11.3 Å². The third-order valence-electron chi connectivity index (χ3n) is 3.70. The lowest BCUT2D eigenvalue weighted by Crippen LogP contribution is -2.29. The number of likely N-dealkylation sites (N-methyl/N-ethyl adjacent to an activating group) is 1. The molecule has 1 aliphatic carbocycles. The molecular formula is C14H25N3O2. The van der Waals surface area contributed by atoms with Gasteiger partial charge in [0, 0.05) is 19.6 Å². The van der Waals surface area contributed by atoms with Gasteiger partial charge in [0.2, 0.25) is 11.7 Å². The minimum atomic E-state index is -0.140. The third kappa shape index (κ3) is 3.54. The van der Waals surface area contributed by atoms with E-state index in [9.17, 15) is 0 Å². The Morgan fingerprint density at radius 2 is 2.11 bits per heavy atom. The average molecular weight is 267 g/mol. The maximum Gasteiger partial charge on any atom is 0.228 e. The molecule has 2 rings (SSSR count). The van der Waals surface area contributed by atoms with E-state index in [1.165, 1.54) is 12.8 Å². The molecule has 1 aliphatic rings. The van der Waals surface area contributed by atoms with Crippen LogP contribution in [0.2, 0.25) is 0 Å². The number of nitrogens with one attached hydrogen (secondary N) is 1. The van der Waals surface area contributed by atoms with Crippen molar-refractivity contribution in [2.75, 3.05) is 14.2 Å². The summed E-state index contributed by atoms with van der Waals surface area (Å²) in [5, 5.41) is 7.42. The van der Waals surface area contributed by atoms with Crippen LogP contribution in [0.4, 0.5) is 0 Å². The van der Waals surface area contributed by atoms with Crippen molar-refractivity contribution < 1.29 is 9.26 Å². The van der Waals surface area contributed by atoms with Gasteiger partial charge in [-0.3, -0.25) is 0 Å². The second-order valence-electron chi connectivity index (χ2n) is 6.46. The average Bonchev–Trinajstić information content (AvgIpc) is 3.07. The van der Waals surface area contributed by atoms with Gasteiger partial charge in [0.05, 0.1) is 0 Å². The van der Waals surface area contributed by atoms with Gasteiger partial charge in [0.25, 0.3) is 0 Å². The van der Waals surface area contributed by atoms with E-state index in [1.54, 1.807) is 7.11 Å². The maximum atomic E-state index is 5.50. The molecule has 0 aliphatic heterocycles. The van der Waals surface area contributed by atoms with Crippen LogP contribution in [0.1, 0.15) is 51.4 Å². The molecule has 0 aromatic carbocycles. The van der Waals surface area contributed by atoms with Crippen molar-refractivity contribution in [2.24, 2.45) is 11.3 Å². The summed E-state index contributed by atoms with van der Waals surface area (Å²) in [5.74, 6) is 2.12. The highest BCUT2D eigenvalue weighted by molar-refractivity contribution is 4.99. The van der Waals surface area contributed by atoms with Crippen LogP contribution in [-0.4, -0.2) is 30.3 Å². The molecule has 0 spiro atoms. The Bertz CT molecular complexity index is 407. The smallest absolute Gasteiger partial charge is 0.228 e. The molecule has 1 aromatic rings. The Morgan fingerprint density at radius 3 is 2.58 bits per heavy atom. The van der Waals surface area contributed by atoms with Crippen LogP contribution in [0.3, 0.4) is 0 Å². The number of aromatic nitrogens is 2. The van der Waals surface area contributed by atoms with E-state index in [-0.39, 0.29) is 11.5 Å². The molecule has 0 radical (unpaired) electrons. The molecule has 5 nitrogen and oxygen atoms in total. The summed E-state index contributed by atoms with van der Waals surface area (Å²) in [4.78, 5) is 4.50. The molecule has 2 atom stereocenters. The van der Waals surface area contributed by atoms with Crippen LogP contribution in [0.25, 0.3) is 0 Å². The van der Waals surface area contributed by atoms with Crippen molar-refractivity contribution in [1.82, 2.24) is 15.5 Å². The van der Waals surface area contributed by atoms with Gasteiger partial charge in [-0.05, 0) is 31.2 Å². The first-order valence-corrected chi connectivity index (χ1v) is 6.98. The lowest BCUT2D eigenvalue weighted by molar-refractivity contribution is 0.00718. The van der Waals surface area contributed by atoms with E-state index in [0.717, 1.165) is 12.3 Å². The Labute approximate surface area is 115 Å². The molecule has 1 N–H and O–H groups in total. The summed E-state index contributed by atoms with van der Waals surface area (Å²) >= 11 is 0. The number of rotatable bonds is 6. The van der Waals surface area contributed by atoms with Gasteiger partial charge in [-0.1, -0.05) is 25.9 Å². The predicted molar refractivity (Wildman–Crippen MR) is 72.8 cm³/mol. The van der Waals surface area contributed by atoms with Crippen LogP contribution >= 0.6 is 0 Å². The van der Waals surface area contributed by atoms with E-state index in [4.69, 9.17) is 9.26 Å². The Hall–Kier alpha value is -0.940. The van der Waals surface area contributed by atoms with Gasteiger partial charge in [-0.25, -0.2) is 0 Å². The van der Waals surface area contributed by atoms with Crippen LogP contribution in [0.15, 0.2) is 4.52 Å². The highest BCUT2D eigenvalue weighted by atomic mass is 16.5. The summed E-state index contributed by atoms with van der Waals surface area (Å²) in [5.41, 5.74) is -0.0468. The third-order valence-corrected chi connectivity index (χ3v) is 3.70. The second-order valence-corrected chi connectivity index (χ2v) is 6.46. The Morgan fingerprint density at radius 1 is 1.42 bits per heavy atom. The van der Waals surface area contributed by atoms with Crippen LogP contribution in [0.5, 0.6) is 0 Å². The first-order valence-electron chi connectivity index (χ1n) is 6.98. The number of hydrogen-bond acceptors (Lipinski definition) is 5. The van der Waals surface area contributed by atoms with Crippen molar-refractivity contribution in [2.45, 2.75) is 52.2 Å². The first-order chi connectivity index (χ1) is 8.95. The normalized spacial score (nSPS) is 19.4. The number of hydrogen-bond donors (Lipinski definition) is 1. The highest BCUT2D eigenvalue weighted by Crippen LogP contribution is 2.35. The largest absolute Gasteiger partial charge is 0.373 e. The summed E-state index contributed by atoms with van der Waals surface area (Å²) in [6.45, 7) is 6.33. The lowest BCUT2D eigenvalue weighted by Gasteiger charge is -2.26. The summed E-state index contributed by atoms with van der Waals surface area (Å²) in [7, 11) is 3.68. The summed E-state index contributed by atoms with van der Waals surface area (Å²) in [6.07, 6.45) is 3.26. The van der Waals surface area contributed by atoms with E-state index in [2.05, 4.69) is 36.2 Å². The molecule has 0 saturated heterocycles. The lowest BCUT2D eigenvalue weighted by atomic mass is 9.88. The molecule has 0 amide bonds. The Kier molecular flexibility index (Phi) is 4.26. The van der Waals surface area contributed by atoms with Gasteiger partial charge in [0.1, 0.15) is 6.10 Å². The van der Waals surface area contributed by atoms with Crippen molar-refractivity contribution in [1.29, 1.82) is 0 Å². The van der Waals surface area contributed by atoms with Crippen molar-refractivity contribution in [3.05, 3.63) is 11.7 Å². The molecule has 1 heterocycles. The predicted octanol–water partition coefficient (Wildman–Crippen LogP) is 2.34. The fraction of sp³-hybridized carbons (Fsp3) is 0.857. The molecule has 1 fully saturated rings. The van der Waals surface area contributed by atoms with Crippen molar-refractivity contribution in [3.63, 3.8) is 0 Å². The molecule has 5 heteroatoms. The highest BCUT2D eigenvalue weighted by Gasteiger charge is 2.33. The molecular weight excluding hydrogens is 242 g/mol. The minimum Gasteiger partial charge on any atom is -0.373 e. The van der Waals surface area contributed by atoms with Gasteiger partial charge in [0.15, 0.2) is 0 Å². The fourth-order valence-electron chi connectivity index (χ4n) is 2.49. The zero-order valence-corrected chi connectivity index (χ0v) is 12.6. The van der Waals surface area contributed by atoms with E-state index >= 15 is 0 Å². The van der Waals surface area contributed by atoms with Crippen LogP contribution < -0.4 is 5.32 Å². The molecule has 2 unspecified atom stereocenters. The summed E-state index contributed by atoms with van der Waals surface area (Å²) < 4.78 is 10.9. The molecule has 0 bridgehead atoms. The van der Waals surface area contributed by atoms with Gasteiger partial charge in [-0.2, -0.15) is 4.98 Å². The van der Waals surface area contributed by atoms with Crippen molar-refractivity contribution >= 4 is 0 Å². The molecule has 1 saturated carbocycles. The van der Waals surface area contributed by atoms with Gasteiger partial charge in [-0.15, -0.1) is 0 Å². The van der Waals surface area contributed by atoms with E-state index in [1.807, 2.05) is 7.05 Å². The van der Waals surface area contributed by atoms with E-state index in [0.29, 0.717) is 17.8 Å². The Balaban J connectivity index is 2.05. The molecule has 1 aromatic heterocycles. The first kappa shape index (κ1) is 14.5. The topological polar surface area (TPSA) is 60.2 Å². The van der Waals surface area contributed by atoms with Gasteiger partial charge >= 0.3 is 0 Å². The zero-order valence-electron chi connectivity index (χ0n) is 12.6.